The summed E-state index contributed by atoms with van der Waals surface area (Å²) in [6.45, 7) is 1.83. The fraction of sp³-hybridized carbons (Fsp3) is 0.333. The predicted octanol–water partition coefficient (Wildman–Crippen LogP) is 1.15. The van der Waals surface area contributed by atoms with Crippen molar-refractivity contribution in [3.8, 4) is 0 Å². The van der Waals surface area contributed by atoms with E-state index >= 15 is 0 Å². The van der Waals surface area contributed by atoms with Crippen LogP contribution in [0.1, 0.15) is 13.3 Å². The van der Waals surface area contributed by atoms with Crippen LogP contribution in [0.5, 0.6) is 0 Å². The molecule has 3 nitrogen and oxygen atoms in total. The molecule has 1 rings (SSSR count). The second-order valence-electron chi connectivity index (χ2n) is 1.92. The molecule has 0 bridgehead atoms. The molecular weight excluding hydrogens is 152 g/mol. The summed E-state index contributed by atoms with van der Waals surface area (Å²) in [5, 5.41) is 2.17. The average Bonchev–Trinajstić information content (AvgIpc) is 1.86. The van der Waals surface area contributed by atoms with Gasteiger partial charge in [0, 0.05) is 6.42 Å². The first-order valence-electron chi connectivity index (χ1n) is 2.93. The van der Waals surface area contributed by atoms with Crippen LogP contribution in [-0.2, 0) is 14.6 Å². The molecule has 0 atom stereocenters. The van der Waals surface area contributed by atoms with Gasteiger partial charge in [-0.05, 0) is 0 Å². The third-order valence-electron chi connectivity index (χ3n) is 1.11. The molecule has 1 aliphatic rings. The van der Waals surface area contributed by atoms with Crippen LogP contribution in [0.25, 0.3) is 0 Å². The molecule has 0 aromatic heterocycles. The molecule has 0 N–H and O–H groups in total. The van der Waals surface area contributed by atoms with Crippen LogP contribution in [0.2, 0.25) is 0 Å². The van der Waals surface area contributed by atoms with Crippen LogP contribution in [0, 0.1) is 0 Å². The van der Waals surface area contributed by atoms with E-state index in [2.05, 4.69) is 0 Å². The summed E-state index contributed by atoms with van der Waals surface area (Å²) in [4.78, 5) is 0. The van der Waals surface area contributed by atoms with Gasteiger partial charge in [0.2, 0.25) is 0 Å². The minimum atomic E-state index is -3.11. The molecule has 56 valence electrons. The lowest BCUT2D eigenvalue weighted by atomic mass is 10.4. The van der Waals surface area contributed by atoms with Gasteiger partial charge in [-0.3, -0.25) is 0 Å². The number of rotatable bonds is 1. The Morgan fingerprint density at radius 2 is 2.30 bits per heavy atom. The lowest BCUT2D eigenvalue weighted by Gasteiger charge is -2.05. The molecule has 0 radical (unpaired) electrons. The van der Waals surface area contributed by atoms with Crippen molar-refractivity contribution in [2.24, 2.45) is 0 Å². The maximum atomic E-state index is 10.8. The maximum Gasteiger partial charge on any atom is 0.199 e. The van der Waals surface area contributed by atoms with E-state index in [9.17, 15) is 8.42 Å². The molecule has 0 saturated heterocycles. The highest BCUT2D eigenvalue weighted by Crippen LogP contribution is 2.13. The van der Waals surface area contributed by atoms with E-state index in [-0.39, 0.29) is 0 Å². The molecule has 1 aliphatic heterocycles. The van der Waals surface area contributed by atoms with Gasteiger partial charge in [0.25, 0.3) is 0 Å². The van der Waals surface area contributed by atoms with E-state index in [4.69, 9.17) is 4.74 Å². The highest BCUT2D eigenvalue weighted by atomic mass is 32.2. The second-order valence-corrected chi connectivity index (χ2v) is 3.60. The van der Waals surface area contributed by atoms with Crippen molar-refractivity contribution in [2.45, 2.75) is 13.3 Å². The molecule has 10 heavy (non-hydrogen) atoms. The zero-order chi connectivity index (χ0) is 7.61. The molecule has 0 amide bonds. The first-order valence-corrected chi connectivity index (χ1v) is 4.54. The van der Waals surface area contributed by atoms with E-state index in [1.807, 2.05) is 6.92 Å². The number of ether oxygens (including phenoxy) is 1. The van der Waals surface area contributed by atoms with Gasteiger partial charge in [-0.2, -0.15) is 0 Å². The Kier molecular flexibility index (Phi) is 1.80. The molecule has 0 aromatic carbocycles. The fourth-order valence-electron chi connectivity index (χ4n) is 0.610. The van der Waals surface area contributed by atoms with Crippen molar-refractivity contribution in [3.63, 3.8) is 0 Å². The van der Waals surface area contributed by atoms with E-state index in [1.165, 1.54) is 6.26 Å². The Balaban J connectivity index is 2.95. The van der Waals surface area contributed by atoms with Crippen LogP contribution in [0.15, 0.2) is 22.8 Å². The van der Waals surface area contributed by atoms with Gasteiger partial charge in [-0.1, -0.05) is 6.92 Å². The van der Waals surface area contributed by atoms with Gasteiger partial charge in [-0.25, -0.2) is 8.42 Å². The molecule has 0 unspecified atom stereocenters. The molecule has 0 spiro atoms. The van der Waals surface area contributed by atoms with Crippen molar-refractivity contribution >= 4 is 9.84 Å². The van der Waals surface area contributed by atoms with Gasteiger partial charge >= 0.3 is 0 Å². The van der Waals surface area contributed by atoms with Crippen LogP contribution < -0.4 is 0 Å². The number of hydrogen-bond acceptors (Lipinski definition) is 3. The highest BCUT2D eigenvalue weighted by molar-refractivity contribution is 7.97. The molecule has 0 saturated carbocycles. The summed E-state index contributed by atoms with van der Waals surface area (Å²) in [7, 11) is -3.11. The Morgan fingerprint density at radius 3 is 2.70 bits per heavy atom. The Morgan fingerprint density at radius 1 is 1.60 bits per heavy atom. The van der Waals surface area contributed by atoms with Crippen LogP contribution in [-0.4, -0.2) is 8.42 Å². The van der Waals surface area contributed by atoms with Crippen molar-refractivity contribution in [3.05, 3.63) is 22.8 Å². The second kappa shape index (κ2) is 2.46. The largest absolute Gasteiger partial charge is 0.468 e. The maximum absolute atomic E-state index is 10.8. The first kappa shape index (κ1) is 7.34. The van der Waals surface area contributed by atoms with E-state index < -0.39 is 9.84 Å². The quantitative estimate of drug-likeness (QED) is 0.578. The smallest absolute Gasteiger partial charge is 0.199 e. The van der Waals surface area contributed by atoms with E-state index in [1.54, 1.807) is 0 Å². The van der Waals surface area contributed by atoms with E-state index in [0.717, 1.165) is 10.8 Å². The van der Waals surface area contributed by atoms with Crippen LogP contribution in [0.3, 0.4) is 0 Å². The molecule has 4 heteroatoms. The van der Waals surface area contributed by atoms with Crippen LogP contribution >= 0.6 is 0 Å². The molecule has 0 aromatic rings. The standard InChI is InChI=1S/C6H8O3S/c1-2-6-5-10(7,8)4-3-9-6/h3-5H,2H2,1H3. The van der Waals surface area contributed by atoms with Gasteiger partial charge < -0.3 is 4.74 Å². The van der Waals surface area contributed by atoms with Crippen molar-refractivity contribution in [2.75, 3.05) is 0 Å². The zero-order valence-corrected chi connectivity index (χ0v) is 6.39. The van der Waals surface area contributed by atoms with Gasteiger partial charge in [0.15, 0.2) is 9.84 Å². The Labute approximate surface area is 59.9 Å². The molecule has 0 fully saturated rings. The van der Waals surface area contributed by atoms with Crippen molar-refractivity contribution in [1.29, 1.82) is 0 Å². The highest BCUT2D eigenvalue weighted by Gasteiger charge is 2.08. The SMILES string of the molecule is CCC1=CS(=O)(=O)C=CO1. The molecular formula is C6H8O3S. The molecule has 1 heterocycles. The zero-order valence-electron chi connectivity index (χ0n) is 5.57. The van der Waals surface area contributed by atoms with Gasteiger partial charge in [-0.15, -0.1) is 0 Å². The number of hydrogen-bond donors (Lipinski definition) is 0. The third-order valence-corrected chi connectivity index (χ3v) is 2.19. The lowest BCUT2D eigenvalue weighted by Crippen LogP contribution is -1.98. The topological polar surface area (TPSA) is 43.4 Å². The number of sulfone groups is 1. The number of allylic oxidation sites excluding steroid dienone is 1. The van der Waals surface area contributed by atoms with Crippen LogP contribution in [0.4, 0.5) is 0 Å². The molecule has 0 aliphatic carbocycles. The van der Waals surface area contributed by atoms with Gasteiger partial charge in [0.05, 0.1) is 10.8 Å². The normalized spacial score (nSPS) is 21.5. The first-order chi connectivity index (χ1) is 4.64. The lowest BCUT2D eigenvalue weighted by molar-refractivity contribution is 0.337. The summed E-state index contributed by atoms with van der Waals surface area (Å²) >= 11 is 0. The average molecular weight is 160 g/mol. The Bertz CT molecular complexity index is 271. The fourth-order valence-corrected chi connectivity index (χ4v) is 1.49. The Hall–Kier alpha value is -0.770. The minimum Gasteiger partial charge on any atom is -0.468 e. The third kappa shape index (κ3) is 1.60. The van der Waals surface area contributed by atoms with Gasteiger partial charge in [0.1, 0.15) is 12.0 Å². The van der Waals surface area contributed by atoms with Crippen molar-refractivity contribution < 1.29 is 13.2 Å². The summed E-state index contributed by atoms with van der Waals surface area (Å²) in [5.74, 6) is 0.488. The summed E-state index contributed by atoms with van der Waals surface area (Å²) < 4.78 is 26.4. The summed E-state index contributed by atoms with van der Waals surface area (Å²) in [5.41, 5.74) is 0. The predicted molar refractivity (Wildman–Crippen MR) is 37.5 cm³/mol. The van der Waals surface area contributed by atoms with E-state index in [0.29, 0.717) is 12.2 Å². The minimum absolute atomic E-state index is 0.488. The monoisotopic (exact) mass is 160 g/mol. The summed E-state index contributed by atoms with van der Waals surface area (Å²) in [6, 6.07) is 0. The van der Waals surface area contributed by atoms with Crippen molar-refractivity contribution in [1.82, 2.24) is 0 Å². The summed E-state index contributed by atoms with van der Waals surface area (Å²) in [6.07, 6.45) is 1.79.